The largest absolute Gasteiger partial charge is 0.353 e. The van der Waals surface area contributed by atoms with E-state index in [4.69, 9.17) is 46.4 Å². The Kier molecular flexibility index (Phi) is 5.68. The SMILES string of the molecule is O=C(CN1C(=O)c2c(Cl)c(Cl)c(Cl)c(Cl)c2C1=O)NCCn1ccc2ccccc21. The van der Waals surface area contributed by atoms with Crippen molar-refractivity contribution in [2.45, 2.75) is 6.54 Å². The van der Waals surface area contributed by atoms with E-state index in [0.29, 0.717) is 13.1 Å². The number of nitrogens with one attached hydrogen (secondary N) is 1. The van der Waals surface area contributed by atoms with Gasteiger partial charge < -0.3 is 9.88 Å². The molecule has 2 aromatic carbocycles. The van der Waals surface area contributed by atoms with Crippen molar-refractivity contribution < 1.29 is 14.4 Å². The van der Waals surface area contributed by atoms with E-state index in [-0.39, 0.29) is 31.2 Å². The third kappa shape index (κ3) is 3.44. The van der Waals surface area contributed by atoms with Gasteiger partial charge in [-0.15, -0.1) is 0 Å². The van der Waals surface area contributed by atoms with Crippen LogP contribution < -0.4 is 5.32 Å². The quantitative estimate of drug-likeness (QED) is 0.325. The smallest absolute Gasteiger partial charge is 0.263 e. The molecule has 0 spiro atoms. The Hall–Kier alpha value is -2.25. The first kappa shape index (κ1) is 21.0. The minimum absolute atomic E-state index is 0.117. The summed E-state index contributed by atoms with van der Waals surface area (Å²) in [6.07, 6.45) is 1.93. The highest BCUT2D eigenvalue weighted by Gasteiger charge is 2.42. The molecule has 154 valence electrons. The molecule has 3 amide bonds. The molecule has 2 heterocycles. The van der Waals surface area contributed by atoms with Gasteiger partial charge in [0.25, 0.3) is 11.8 Å². The summed E-state index contributed by atoms with van der Waals surface area (Å²) in [7, 11) is 0. The van der Waals surface area contributed by atoms with Crippen molar-refractivity contribution in [3.05, 3.63) is 67.7 Å². The second kappa shape index (κ2) is 8.12. The van der Waals surface area contributed by atoms with Crippen molar-refractivity contribution in [3.63, 3.8) is 0 Å². The first-order valence-electron chi connectivity index (χ1n) is 8.84. The van der Waals surface area contributed by atoms with Crippen LogP contribution in [0.4, 0.5) is 0 Å². The van der Waals surface area contributed by atoms with Crippen LogP contribution >= 0.6 is 46.4 Å². The Morgan fingerprint density at radius 3 is 2.10 bits per heavy atom. The zero-order valence-corrected chi connectivity index (χ0v) is 18.2. The van der Waals surface area contributed by atoms with Crippen molar-refractivity contribution in [1.29, 1.82) is 0 Å². The van der Waals surface area contributed by atoms with Crippen LogP contribution in [-0.2, 0) is 11.3 Å². The van der Waals surface area contributed by atoms with E-state index in [0.717, 1.165) is 15.8 Å². The molecule has 1 aromatic heterocycles. The lowest BCUT2D eigenvalue weighted by Gasteiger charge is -2.14. The third-order valence-electron chi connectivity index (χ3n) is 4.84. The van der Waals surface area contributed by atoms with Gasteiger partial charge in [0, 0.05) is 24.8 Å². The summed E-state index contributed by atoms with van der Waals surface area (Å²) in [5.74, 6) is -1.98. The van der Waals surface area contributed by atoms with Gasteiger partial charge in [-0.25, -0.2) is 0 Å². The van der Waals surface area contributed by atoms with E-state index in [1.165, 1.54) is 0 Å². The maximum absolute atomic E-state index is 12.7. The van der Waals surface area contributed by atoms with Crippen LogP contribution in [0.25, 0.3) is 10.9 Å². The number of imide groups is 1. The average molecular weight is 485 g/mol. The van der Waals surface area contributed by atoms with Gasteiger partial charge in [0.05, 0.1) is 31.2 Å². The molecule has 3 aromatic rings. The van der Waals surface area contributed by atoms with Crippen LogP contribution in [0.2, 0.25) is 20.1 Å². The topological polar surface area (TPSA) is 71.4 Å². The summed E-state index contributed by atoms with van der Waals surface area (Å²) < 4.78 is 2.00. The predicted molar refractivity (Wildman–Crippen MR) is 117 cm³/mol. The lowest BCUT2D eigenvalue weighted by molar-refractivity contribution is -0.121. The lowest BCUT2D eigenvalue weighted by atomic mass is 10.1. The van der Waals surface area contributed by atoms with Crippen molar-refractivity contribution in [2.75, 3.05) is 13.1 Å². The molecule has 4 rings (SSSR count). The first-order chi connectivity index (χ1) is 14.3. The number of halogens is 4. The van der Waals surface area contributed by atoms with Crippen LogP contribution in [0.3, 0.4) is 0 Å². The minimum Gasteiger partial charge on any atom is -0.353 e. The molecule has 0 aliphatic carbocycles. The number of nitrogens with zero attached hydrogens (tertiary/aromatic N) is 2. The number of hydrogen-bond acceptors (Lipinski definition) is 3. The van der Waals surface area contributed by atoms with Gasteiger partial charge in [-0.2, -0.15) is 0 Å². The Labute approximate surface area is 191 Å². The normalized spacial score (nSPS) is 13.3. The van der Waals surface area contributed by atoms with Crippen molar-refractivity contribution in [2.24, 2.45) is 0 Å². The van der Waals surface area contributed by atoms with Gasteiger partial charge in [0.2, 0.25) is 5.91 Å². The second-order valence-corrected chi connectivity index (χ2v) is 8.13. The molecule has 10 heteroatoms. The highest BCUT2D eigenvalue weighted by Crippen LogP contribution is 2.44. The van der Waals surface area contributed by atoms with Crippen LogP contribution in [0.15, 0.2) is 36.5 Å². The Morgan fingerprint density at radius 2 is 1.47 bits per heavy atom. The number of para-hydroxylation sites is 1. The molecule has 1 aliphatic heterocycles. The molecular weight excluding hydrogens is 472 g/mol. The summed E-state index contributed by atoms with van der Waals surface area (Å²) >= 11 is 24.1. The molecule has 0 saturated carbocycles. The first-order valence-corrected chi connectivity index (χ1v) is 10.3. The standard InChI is InChI=1S/C20H13Cl4N3O3/c21-15-13-14(16(22)18(24)17(15)23)20(30)27(19(13)29)9-12(28)25-6-8-26-7-5-10-3-1-2-4-11(10)26/h1-5,7H,6,8-9H2,(H,25,28). The fraction of sp³-hybridized carbons (Fsp3) is 0.150. The lowest BCUT2D eigenvalue weighted by Crippen LogP contribution is -2.41. The summed E-state index contributed by atoms with van der Waals surface area (Å²) in [5.41, 5.74) is 0.755. The van der Waals surface area contributed by atoms with Crippen LogP contribution in [0.5, 0.6) is 0 Å². The Morgan fingerprint density at radius 1 is 0.867 bits per heavy atom. The van der Waals surface area contributed by atoms with Crippen LogP contribution in [0, 0.1) is 0 Å². The maximum atomic E-state index is 12.7. The highest BCUT2D eigenvalue weighted by molar-refractivity contribution is 6.55. The van der Waals surface area contributed by atoms with E-state index in [1.54, 1.807) is 0 Å². The number of amides is 3. The highest BCUT2D eigenvalue weighted by atomic mass is 35.5. The summed E-state index contributed by atoms with van der Waals surface area (Å²) in [6.45, 7) is 0.380. The van der Waals surface area contributed by atoms with E-state index in [2.05, 4.69) is 5.32 Å². The Bertz CT molecular complexity index is 1170. The van der Waals surface area contributed by atoms with E-state index in [9.17, 15) is 14.4 Å². The zero-order chi connectivity index (χ0) is 21.6. The minimum atomic E-state index is -0.743. The third-order valence-corrected chi connectivity index (χ3v) is 6.64. The Balaban J connectivity index is 1.44. The maximum Gasteiger partial charge on any atom is 0.263 e. The molecule has 30 heavy (non-hydrogen) atoms. The fourth-order valence-electron chi connectivity index (χ4n) is 3.39. The van der Waals surface area contributed by atoms with Crippen LogP contribution in [-0.4, -0.2) is 40.3 Å². The molecule has 0 fully saturated rings. The number of aromatic nitrogens is 1. The molecule has 1 N–H and O–H groups in total. The summed E-state index contributed by atoms with van der Waals surface area (Å²) in [6, 6.07) is 9.87. The van der Waals surface area contributed by atoms with Gasteiger partial charge in [0.15, 0.2) is 0 Å². The molecule has 6 nitrogen and oxygen atoms in total. The number of rotatable bonds is 5. The summed E-state index contributed by atoms with van der Waals surface area (Å²) in [5, 5.41) is 3.24. The van der Waals surface area contributed by atoms with Gasteiger partial charge in [-0.1, -0.05) is 64.6 Å². The molecule has 0 atom stereocenters. The van der Waals surface area contributed by atoms with E-state index >= 15 is 0 Å². The molecule has 0 bridgehead atoms. The monoisotopic (exact) mass is 483 g/mol. The van der Waals surface area contributed by atoms with Gasteiger partial charge in [-0.05, 0) is 17.5 Å². The number of fused-ring (bicyclic) bond motifs is 2. The predicted octanol–water partition coefficient (Wildman–Crippen LogP) is 4.67. The number of benzene rings is 2. The fourth-order valence-corrected chi connectivity index (χ4v) is 4.40. The number of carbonyl (C=O) groups is 3. The van der Waals surface area contributed by atoms with Crippen molar-refractivity contribution in [1.82, 2.24) is 14.8 Å². The molecular formula is C20H13Cl4N3O3. The molecule has 0 radical (unpaired) electrons. The van der Waals surface area contributed by atoms with Gasteiger partial charge in [-0.3, -0.25) is 19.3 Å². The van der Waals surface area contributed by atoms with Gasteiger partial charge >= 0.3 is 0 Å². The summed E-state index contributed by atoms with van der Waals surface area (Å²) in [4.78, 5) is 38.5. The molecule has 0 unspecified atom stereocenters. The van der Waals surface area contributed by atoms with Gasteiger partial charge in [0.1, 0.15) is 6.54 Å². The number of hydrogen-bond donors (Lipinski definition) is 1. The second-order valence-electron chi connectivity index (χ2n) is 6.62. The molecule has 1 aliphatic rings. The average Bonchev–Trinajstić information content (AvgIpc) is 3.25. The van der Waals surface area contributed by atoms with Crippen LogP contribution in [0.1, 0.15) is 20.7 Å². The number of carbonyl (C=O) groups excluding carboxylic acids is 3. The van der Waals surface area contributed by atoms with E-state index in [1.807, 2.05) is 41.1 Å². The zero-order valence-electron chi connectivity index (χ0n) is 15.2. The van der Waals surface area contributed by atoms with Crippen molar-refractivity contribution in [3.8, 4) is 0 Å². The molecule has 0 saturated heterocycles. The van der Waals surface area contributed by atoms with Crippen molar-refractivity contribution >= 4 is 75.0 Å². The van der Waals surface area contributed by atoms with E-state index < -0.39 is 24.3 Å².